The van der Waals surface area contributed by atoms with Crippen LogP contribution in [0.2, 0.25) is 0 Å². The van der Waals surface area contributed by atoms with Crippen LogP contribution in [0.25, 0.3) is 28.3 Å². The molecule has 4 aromatic carbocycles. The molecule has 0 aliphatic heterocycles. The molecule has 0 heterocycles. The van der Waals surface area contributed by atoms with Gasteiger partial charge in [0.15, 0.2) is 0 Å². The van der Waals surface area contributed by atoms with Crippen LogP contribution < -0.4 is 0 Å². The van der Waals surface area contributed by atoms with E-state index >= 15 is 0 Å². The standard InChI is InChI=1S/C24H30O.C23H26/c1-15-13-20-21(23(15)25-5)14-17-7-6-8-19(17)22(20)16-9-11-18(12-10-16)24(2,3)4;1-15-12-18-14-17-6-5-7-20(17)22(21(18)13-15)16-8-10-19(11-9-16)23(2,3)4/h9-12,14-15,23H,6-8,13H2,1-5H3;8-12,14H,5-7,13H2,1-4H3. The largest absolute Gasteiger partial charge is 0.376 e. The van der Waals surface area contributed by atoms with Crippen LogP contribution in [0.15, 0.2) is 66.2 Å². The lowest BCUT2D eigenvalue weighted by molar-refractivity contribution is 0.0695. The summed E-state index contributed by atoms with van der Waals surface area (Å²) in [6.45, 7) is 18.3. The molecule has 0 amide bonds. The zero-order valence-corrected chi connectivity index (χ0v) is 31.1. The molecule has 0 saturated carbocycles. The van der Waals surface area contributed by atoms with Crippen molar-refractivity contribution in [3.63, 3.8) is 0 Å². The SMILES string of the molecule is CC1=Cc2cc3c(c(-c4ccc(C(C)(C)C)cc4)c2C1)CCC3.COC1c2cc3c(c(-c4ccc(C(C)(C)C)cc4)c2CC1C)CCC3. The van der Waals surface area contributed by atoms with Crippen molar-refractivity contribution in [1.29, 1.82) is 0 Å². The maximum Gasteiger partial charge on any atom is 0.0852 e. The van der Waals surface area contributed by atoms with Crippen LogP contribution in [0.5, 0.6) is 0 Å². The first kappa shape index (κ1) is 33.1. The molecule has 48 heavy (non-hydrogen) atoms. The summed E-state index contributed by atoms with van der Waals surface area (Å²) in [6.07, 6.45) is 12.5. The van der Waals surface area contributed by atoms with Crippen LogP contribution in [0.4, 0.5) is 0 Å². The number of benzene rings is 4. The van der Waals surface area contributed by atoms with Gasteiger partial charge in [-0.05, 0) is 153 Å². The van der Waals surface area contributed by atoms with E-state index in [2.05, 4.69) is 122 Å². The molecule has 0 saturated heterocycles. The van der Waals surface area contributed by atoms with Gasteiger partial charge in [0.25, 0.3) is 0 Å². The van der Waals surface area contributed by atoms with E-state index in [1.807, 2.05) is 7.11 Å². The van der Waals surface area contributed by atoms with Crippen LogP contribution in [-0.4, -0.2) is 7.11 Å². The van der Waals surface area contributed by atoms with E-state index in [0.717, 1.165) is 12.8 Å². The summed E-state index contributed by atoms with van der Waals surface area (Å²) in [5.41, 5.74) is 23.0. The fourth-order valence-corrected chi connectivity index (χ4v) is 9.08. The first-order valence-electron chi connectivity index (χ1n) is 18.6. The lowest BCUT2D eigenvalue weighted by Crippen LogP contribution is -2.10. The highest BCUT2D eigenvalue weighted by molar-refractivity contribution is 5.81. The summed E-state index contributed by atoms with van der Waals surface area (Å²) in [5, 5.41) is 0. The van der Waals surface area contributed by atoms with Gasteiger partial charge < -0.3 is 4.74 Å². The monoisotopic (exact) mass is 636 g/mol. The Balaban J connectivity index is 0.000000152. The molecule has 0 radical (unpaired) electrons. The van der Waals surface area contributed by atoms with Crippen LogP contribution in [0.1, 0.15) is 130 Å². The third kappa shape index (κ3) is 6.02. The molecule has 250 valence electrons. The van der Waals surface area contributed by atoms with E-state index in [-0.39, 0.29) is 16.9 Å². The highest BCUT2D eigenvalue weighted by Gasteiger charge is 2.34. The second-order valence-electron chi connectivity index (χ2n) is 17.3. The summed E-state index contributed by atoms with van der Waals surface area (Å²) in [7, 11) is 1.86. The zero-order valence-electron chi connectivity index (χ0n) is 31.1. The van der Waals surface area contributed by atoms with Crippen molar-refractivity contribution in [2.45, 2.75) is 124 Å². The molecule has 4 aromatic rings. The van der Waals surface area contributed by atoms with Crippen LogP contribution in [0, 0.1) is 5.92 Å². The maximum absolute atomic E-state index is 5.86. The molecule has 4 aliphatic carbocycles. The number of hydrogen-bond acceptors (Lipinski definition) is 1. The van der Waals surface area contributed by atoms with Gasteiger partial charge in [0.2, 0.25) is 0 Å². The number of fused-ring (bicyclic) bond motifs is 4. The highest BCUT2D eigenvalue weighted by Crippen LogP contribution is 2.47. The Morgan fingerprint density at radius 3 is 1.62 bits per heavy atom. The highest BCUT2D eigenvalue weighted by atomic mass is 16.5. The molecule has 0 spiro atoms. The van der Waals surface area contributed by atoms with Crippen molar-refractivity contribution < 1.29 is 4.74 Å². The van der Waals surface area contributed by atoms with E-state index < -0.39 is 0 Å². The van der Waals surface area contributed by atoms with Crippen molar-refractivity contribution in [1.82, 2.24) is 0 Å². The topological polar surface area (TPSA) is 9.23 Å². The third-order valence-corrected chi connectivity index (χ3v) is 11.6. The quantitative estimate of drug-likeness (QED) is 0.217. The predicted molar refractivity (Wildman–Crippen MR) is 205 cm³/mol. The van der Waals surface area contributed by atoms with Gasteiger partial charge in [0.1, 0.15) is 0 Å². The second kappa shape index (κ2) is 12.5. The lowest BCUT2D eigenvalue weighted by Gasteiger charge is -2.21. The number of rotatable bonds is 3. The van der Waals surface area contributed by atoms with Gasteiger partial charge in [-0.3, -0.25) is 0 Å². The molecule has 0 bridgehead atoms. The van der Waals surface area contributed by atoms with Gasteiger partial charge in [0.05, 0.1) is 6.10 Å². The Labute approximate surface area is 290 Å². The minimum Gasteiger partial charge on any atom is -0.376 e. The van der Waals surface area contributed by atoms with Crippen LogP contribution in [-0.2, 0) is 54.1 Å². The van der Waals surface area contributed by atoms with Gasteiger partial charge in [-0.25, -0.2) is 0 Å². The minimum atomic E-state index is 0.203. The molecular formula is C47H56O. The predicted octanol–water partition coefficient (Wildman–Crippen LogP) is 12.1. The Morgan fingerprint density at radius 2 is 1.12 bits per heavy atom. The molecule has 0 fully saturated rings. The summed E-state index contributed by atoms with van der Waals surface area (Å²) in [4.78, 5) is 0. The van der Waals surface area contributed by atoms with E-state index in [1.54, 1.807) is 38.9 Å². The van der Waals surface area contributed by atoms with Crippen LogP contribution >= 0.6 is 0 Å². The summed E-state index contributed by atoms with van der Waals surface area (Å²) >= 11 is 0. The Kier molecular flexibility index (Phi) is 8.60. The normalized spacial score (nSPS) is 19.3. The Bertz CT molecular complexity index is 1870. The van der Waals surface area contributed by atoms with Gasteiger partial charge in [0, 0.05) is 7.11 Å². The minimum absolute atomic E-state index is 0.203. The number of ether oxygens (including phenoxy) is 1. The van der Waals surface area contributed by atoms with Crippen molar-refractivity contribution in [2.75, 3.05) is 7.11 Å². The second-order valence-corrected chi connectivity index (χ2v) is 17.3. The molecule has 0 N–H and O–H groups in total. The maximum atomic E-state index is 5.86. The number of aryl methyl sites for hydroxylation is 2. The molecule has 1 nitrogen and oxygen atoms in total. The van der Waals surface area contributed by atoms with Crippen molar-refractivity contribution in [3.05, 3.63) is 122 Å². The van der Waals surface area contributed by atoms with Crippen molar-refractivity contribution in [2.24, 2.45) is 5.92 Å². The fraction of sp³-hybridized carbons (Fsp3) is 0.447. The number of hydrogen-bond donors (Lipinski definition) is 0. The zero-order chi connectivity index (χ0) is 34.0. The molecular weight excluding hydrogens is 581 g/mol. The van der Waals surface area contributed by atoms with Crippen LogP contribution in [0.3, 0.4) is 0 Å². The van der Waals surface area contributed by atoms with E-state index in [0.29, 0.717) is 5.92 Å². The Hall–Kier alpha value is -3.42. The van der Waals surface area contributed by atoms with Crippen molar-refractivity contribution in [3.8, 4) is 22.3 Å². The van der Waals surface area contributed by atoms with Gasteiger partial charge in [-0.1, -0.05) is 121 Å². The first-order chi connectivity index (χ1) is 22.8. The molecule has 2 atom stereocenters. The first-order valence-corrected chi connectivity index (χ1v) is 18.6. The van der Waals surface area contributed by atoms with Crippen molar-refractivity contribution >= 4 is 6.08 Å². The van der Waals surface area contributed by atoms with E-state index in [9.17, 15) is 0 Å². The number of allylic oxidation sites excluding steroid dienone is 1. The average molecular weight is 637 g/mol. The summed E-state index contributed by atoms with van der Waals surface area (Å²) < 4.78 is 5.86. The molecule has 4 aliphatic rings. The third-order valence-electron chi connectivity index (χ3n) is 11.6. The smallest absolute Gasteiger partial charge is 0.0852 e. The fourth-order valence-electron chi connectivity index (χ4n) is 9.08. The Morgan fingerprint density at radius 1 is 0.625 bits per heavy atom. The van der Waals surface area contributed by atoms with Gasteiger partial charge in [-0.15, -0.1) is 0 Å². The summed E-state index contributed by atoms with van der Waals surface area (Å²) in [6, 6.07) is 23.6. The molecule has 8 rings (SSSR count). The molecule has 0 aromatic heterocycles. The molecule has 2 unspecified atom stereocenters. The number of methoxy groups -OCH3 is 1. The van der Waals surface area contributed by atoms with Gasteiger partial charge in [-0.2, -0.15) is 0 Å². The van der Waals surface area contributed by atoms with E-state index in [1.165, 1.54) is 83.0 Å². The lowest BCUT2D eigenvalue weighted by atomic mass is 9.84. The molecule has 1 heteroatoms. The van der Waals surface area contributed by atoms with E-state index in [4.69, 9.17) is 4.74 Å². The average Bonchev–Trinajstić information content (AvgIpc) is 3.83. The van der Waals surface area contributed by atoms with Gasteiger partial charge >= 0.3 is 0 Å². The summed E-state index contributed by atoms with van der Waals surface area (Å²) in [5.74, 6) is 0.565.